The Morgan fingerprint density at radius 3 is 2.45 bits per heavy atom. The molecule has 2 aliphatic rings. The molecule has 1 aliphatic heterocycles. The van der Waals surface area contributed by atoms with Crippen LogP contribution in [0.4, 0.5) is 0 Å². The summed E-state index contributed by atoms with van der Waals surface area (Å²) in [4.78, 5) is 1.96. The van der Waals surface area contributed by atoms with Crippen LogP contribution in [0, 0.1) is 5.41 Å². The summed E-state index contributed by atoms with van der Waals surface area (Å²) in [6.07, 6.45) is -2.22. The Hall–Kier alpha value is -1.72. The lowest BCUT2D eigenvalue weighted by atomic mass is 9.85. The van der Waals surface area contributed by atoms with Crippen molar-refractivity contribution in [2.24, 2.45) is 5.41 Å². The highest BCUT2D eigenvalue weighted by molar-refractivity contribution is 7.89. The fourth-order valence-corrected chi connectivity index (χ4v) is 6.14. The van der Waals surface area contributed by atoms with Crippen LogP contribution in [0.15, 0.2) is 53.4 Å². The second-order valence-corrected chi connectivity index (χ2v) is 11.2. The van der Waals surface area contributed by atoms with Crippen LogP contribution < -0.4 is 9.46 Å². The number of nitrogens with one attached hydrogen (secondary N) is 1. The lowest BCUT2D eigenvalue weighted by molar-refractivity contribution is 0.0427. The summed E-state index contributed by atoms with van der Waals surface area (Å²) in [5.74, 6) is 0.188. The minimum Gasteiger partial charge on any atom is -0.492 e. The van der Waals surface area contributed by atoms with E-state index >= 15 is 0 Å². The molecule has 0 aromatic heterocycles. The number of halogens is 1. The molecule has 1 aliphatic carbocycles. The third-order valence-corrected chi connectivity index (χ3v) is 8.12. The van der Waals surface area contributed by atoms with Crippen molar-refractivity contribution in [3.05, 3.63) is 59.1 Å². The molecule has 8 nitrogen and oxygen atoms in total. The van der Waals surface area contributed by atoms with Crippen molar-refractivity contribution in [3.8, 4) is 5.75 Å². The van der Waals surface area contributed by atoms with Gasteiger partial charge in [0, 0.05) is 36.6 Å². The average molecular weight is 497 g/mol. The first kappa shape index (κ1) is 24.4. The molecule has 0 saturated heterocycles. The van der Waals surface area contributed by atoms with Crippen molar-refractivity contribution >= 4 is 21.6 Å². The van der Waals surface area contributed by atoms with Crippen LogP contribution >= 0.6 is 11.6 Å². The van der Waals surface area contributed by atoms with E-state index in [2.05, 4.69) is 4.72 Å². The summed E-state index contributed by atoms with van der Waals surface area (Å²) in [7, 11) is -3.92. The zero-order valence-electron chi connectivity index (χ0n) is 18.1. The maximum absolute atomic E-state index is 12.9. The van der Waals surface area contributed by atoms with Gasteiger partial charge < -0.3 is 20.1 Å². The third-order valence-electron chi connectivity index (χ3n) is 6.29. The monoisotopic (exact) mass is 496 g/mol. The third kappa shape index (κ3) is 5.68. The smallest absolute Gasteiger partial charge is 0.244 e. The van der Waals surface area contributed by atoms with Gasteiger partial charge in [-0.25, -0.2) is 13.1 Å². The predicted molar refractivity (Wildman–Crippen MR) is 124 cm³/mol. The fourth-order valence-electron chi connectivity index (χ4n) is 4.73. The van der Waals surface area contributed by atoms with E-state index in [1.165, 1.54) is 6.07 Å². The Balaban J connectivity index is 1.69. The number of fused-ring (bicyclic) bond motifs is 1. The summed E-state index contributed by atoms with van der Waals surface area (Å²) in [5, 5.41) is 32.0. The largest absolute Gasteiger partial charge is 0.492 e. The van der Waals surface area contributed by atoms with Gasteiger partial charge >= 0.3 is 0 Å². The number of para-hydroxylation sites is 1. The molecule has 1 heterocycles. The Kier molecular flexibility index (Phi) is 7.30. The Morgan fingerprint density at radius 1 is 1.06 bits per heavy atom. The molecule has 1 spiro atoms. The predicted octanol–water partition coefficient (Wildman–Crippen LogP) is 1.38. The number of aliphatic hydroxyl groups excluding tert-OH is 3. The molecule has 1 saturated carbocycles. The minimum absolute atomic E-state index is 0.0139. The summed E-state index contributed by atoms with van der Waals surface area (Å²) >= 11 is 6.36. The van der Waals surface area contributed by atoms with Crippen LogP contribution in [0.1, 0.15) is 18.4 Å². The highest BCUT2D eigenvalue weighted by Gasteiger charge is 2.46. The molecule has 2 aromatic rings. The van der Waals surface area contributed by atoms with Gasteiger partial charge in [0.05, 0.1) is 24.9 Å². The van der Waals surface area contributed by atoms with E-state index in [1.54, 1.807) is 24.3 Å². The molecule has 33 heavy (non-hydrogen) atoms. The molecule has 2 aromatic carbocycles. The van der Waals surface area contributed by atoms with E-state index < -0.39 is 33.8 Å². The van der Waals surface area contributed by atoms with E-state index in [1.807, 2.05) is 23.1 Å². The number of nitrogens with zero attached hydrogens (tertiary/aromatic N) is 1. The van der Waals surface area contributed by atoms with Crippen LogP contribution in [0.2, 0.25) is 5.02 Å². The SMILES string of the molecule is O=S1(=O)NC[C@H](O)CN(Cc2ccccc2Cl)CC2(COc3ccccc31)C[C@@H](O)[C@@H](O)C2. The highest BCUT2D eigenvalue weighted by Crippen LogP contribution is 2.41. The van der Waals surface area contributed by atoms with Gasteiger partial charge in [0.15, 0.2) is 0 Å². The molecule has 0 bridgehead atoms. The van der Waals surface area contributed by atoms with Crippen LogP contribution in [0.3, 0.4) is 0 Å². The van der Waals surface area contributed by atoms with E-state index in [9.17, 15) is 23.7 Å². The first-order valence-corrected chi connectivity index (χ1v) is 12.8. The summed E-state index contributed by atoms with van der Waals surface area (Å²) in [6.45, 7) is 0.923. The fraction of sp³-hybridized carbons (Fsp3) is 0.478. The lowest BCUT2D eigenvalue weighted by Gasteiger charge is -2.37. The van der Waals surface area contributed by atoms with Gasteiger partial charge in [-0.1, -0.05) is 41.9 Å². The van der Waals surface area contributed by atoms with Crippen LogP contribution in [0.25, 0.3) is 0 Å². The second-order valence-electron chi connectivity index (χ2n) is 9.05. The van der Waals surface area contributed by atoms with E-state index in [4.69, 9.17) is 16.3 Å². The molecule has 10 heteroatoms. The summed E-state index contributed by atoms with van der Waals surface area (Å²) in [6, 6.07) is 13.7. The van der Waals surface area contributed by atoms with Crippen molar-refractivity contribution in [1.82, 2.24) is 9.62 Å². The van der Waals surface area contributed by atoms with Crippen molar-refractivity contribution in [2.45, 2.75) is 42.6 Å². The Morgan fingerprint density at radius 2 is 1.73 bits per heavy atom. The van der Waals surface area contributed by atoms with Crippen molar-refractivity contribution in [3.63, 3.8) is 0 Å². The molecule has 1 fully saturated rings. The zero-order valence-corrected chi connectivity index (χ0v) is 19.7. The standard InChI is InChI=1S/C23H29ClN2O6S/c24-18-6-2-1-5-16(18)12-26-13-17(27)11-25-33(30,31)22-8-4-3-7-21(22)32-15-23(14-26)9-19(28)20(29)10-23/h1-8,17,19-20,25,27-29H,9-15H2/t17-,19-,20+,23?/m0/s1. The maximum atomic E-state index is 12.9. The molecule has 0 radical (unpaired) electrons. The quantitative estimate of drug-likeness (QED) is 0.496. The van der Waals surface area contributed by atoms with Gasteiger partial charge in [-0.3, -0.25) is 4.90 Å². The van der Waals surface area contributed by atoms with E-state index in [0.29, 0.717) is 18.1 Å². The number of benzene rings is 2. The minimum atomic E-state index is -3.92. The molecule has 0 amide bonds. The average Bonchev–Trinajstić information content (AvgIpc) is 3.05. The highest BCUT2D eigenvalue weighted by atomic mass is 35.5. The number of sulfonamides is 1. The Labute approximate surface area is 198 Å². The maximum Gasteiger partial charge on any atom is 0.244 e. The normalized spacial score (nSPS) is 30.7. The molecule has 180 valence electrons. The Bertz CT molecular complexity index is 1070. The van der Waals surface area contributed by atoms with Gasteiger partial charge in [-0.05, 0) is 36.6 Å². The number of hydrogen-bond donors (Lipinski definition) is 4. The van der Waals surface area contributed by atoms with E-state index in [-0.39, 0.29) is 43.2 Å². The topological polar surface area (TPSA) is 119 Å². The van der Waals surface area contributed by atoms with Gasteiger partial charge in [0.1, 0.15) is 10.6 Å². The van der Waals surface area contributed by atoms with Crippen molar-refractivity contribution < 1.29 is 28.5 Å². The summed E-state index contributed by atoms with van der Waals surface area (Å²) < 4.78 is 34.2. The number of rotatable bonds is 2. The molecule has 4 atom stereocenters. The van der Waals surface area contributed by atoms with Crippen molar-refractivity contribution in [2.75, 3.05) is 26.2 Å². The number of hydrogen-bond acceptors (Lipinski definition) is 7. The molecular formula is C23H29ClN2O6S. The van der Waals surface area contributed by atoms with Crippen molar-refractivity contribution in [1.29, 1.82) is 0 Å². The molecule has 1 unspecified atom stereocenters. The number of ether oxygens (including phenoxy) is 1. The van der Waals surface area contributed by atoms with E-state index in [0.717, 1.165) is 5.56 Å². The second kappa shape index (κ2) is 9.87. The lowest BCUT2D eigenvalue weighted by Crippen LogP contribution is -2.46. The van der Waals surface area contributed by atoms with Gasteiger partial charge in [-0.15, -0.1) is 0 Å². The number of aliphatic hydroxyl groups is 3. The number of β-amino-alcohol motifs (C(OH)–C–C–N with tert-alkyl or cyclic N) is 1. The molecule has 4 N–H and O–H groups in total. The molecular weight excluding hydrogens is 468 g/mol. The zero-order chi connectivity index (χ0) is 23.6. The van der Waals surface area contributed by atoms with Crippen LogP contribution in [-0.2, 0) is 16.6 Å². The van der Waals surface area contributed by atoms with Crippen LogP contribution in [0.5, 0.6) is 5.75 Å². The summed E-state index contributed by atoms with van der Waals surface area (Å²) in [5.41, 5.74) is 0.211. The first-order chi connectivity index (χ1) is 15.7. The van der Waals surface area contributed by atoms with Gasteiger partial charge in [0.2, 0.25) is 10.0 Å². The van der Waals surface area contributed by atoms with Gasteiger partial charge in [0.25, 0.3) is 0 Å². The molecule has 4 rings (SSSR count). The first-order valence-electron chi connectivity index (χ1n) is 10.9. The van der Waals surface area contributed by atoms with Gasteiger partial charge in [-0.2, -0.15) is 0 Å². The van der Waals surface area contributed by atoms with Crippen LogP contribution in [-0.4, -0.2) is 73.2 Å².